The van der Waals surface area contributed by atoms with Crippen LogP contribution in [-0.4, -0.2) is 55.9 Å². The topological polar surface area (TPSA) is 93.9 Å². The summed E-state index contributed by atoms with van der Waals surface area (Å²) >= 11 is 0. The fourth-order valence-corrected chi connectivity index (χ4v) is 2.53. The maximum Gasteiger partial charge on any atom is 0.338 e. The summed E-state index contributed by atoms with van der Waals surface area (Å²) in [5.41, 5.74) is 2.16. The highest BCUT2D eigenvalue weighted by molar-refractivity contribution is 5.91. The number of methoxy groups -OCH3 is 3. The van der Waals surface area contributed by atoms with Crippen LogP contribution in [0.4, 0.5) is 0 Å². The molecule has 142 valence electrons. The van der Waals surface area contributed by atoms with Gasteiger partial charge in [0.15, 0.2) is 30.8 Å². The molecule has 0 N–H and O–H groups in total. The summed E-state index contributed by atoms with van der Waals surface area (Å²) in [7, 11) is 4.29. The Bertz CT molecular complexity index is 911. The van der Waals surface area contributed by atoms with Gasteiger partial charge in [0, 0.05) is 14.2 Å². The molecule has 0 aliphatic heterocycles. The molecule has 0 amide bonds. The van der Waals surface area contributed by atoms with Crippen LogP contribution in [0.2, 0.25) is 0 Å². The third-order valence-electron chi connectivity index (χ3n) is 3.69. The number of hydrogen-bond acceptors (Lipinski definition) is 8. The number of fused-ring (bicyclic) bond motifs is 1. The fraction of sp³-hybridized carbons (Fsp3) is 0.278. The van der Waals surface area contributed by atoms with Crippen molar-refractivity contribution in [2.24, 2.45) is 0 Å². The lowest BCUT2D eigenvalue weighted by molar-refractivity contribution is 0.0449. The van der Waals surface area contributed by atoms with Gasteiger partial charge in [-0.1, -0.05) is 17.3 Å². The standard InChI is InChI=1S/C18H19N3O6/c1-23-10-26-15-8-12(18(22)25-3)9-16(27-11-24-2)17(15)21-14-7-5-4-6-13(14)19-20-21/h4-9H,10-11H2,1-3H3. The van der Waals surface area contributed by atoms with Crippen molar-refractivity contribution in [1.29, 1.82) is 0 Å². The molecule has 0 saturated heterocycles. The molecule has 2 aromatic carbocycles. The second kappa shape index (κ2) is 8.47. The number of aromatic nitrogens is 3. The zero-order valence-electron chi connectivity index (χ0n) is 15.2. The van der Waals surface area contributed by atoms with Gasteiger partial charge in [-0.25, -0.2) is 9.48 Å². The minimum absolute atomic E-state index is 0.0338. The number of benzene rings is 2. The van der Waals surface area contributed by atoms with Crippen LogP contribution in [0.5, 0.6) is 11.5 Å². The highest BCUT2D eigenvalue weighted by Gasteiger charge is 2.22. The van der Waals surface area contributed by atoms with Crippen LogP contribution in [0.1, 0.15) is 10.4 Å². The molecule has 0 spiro atoms. The lowest BCUT2D eigenvalue weighted by atomic mass is 10.1. The van der Waals surface area contributed by atoms with E-state index >= 15 is 0 Å². The molecule has 0 radical (unpaired) electrons. The number of hydrogen-bond donors (Lipinski definition) is 0. The first kappa shape index (κ1) is 18.6. The molecule has 27 heavy (non-hydrogen) atoms. The van der Waals surface area contributed by atoms with E-state index in [1.165, 1.54) is 33.5 Å². The van der Waals surface area contributed by atoms with Crippen molar-refractivity contribution >= 4 is 17.0 Å². The van der Waals surface area contributed by atoms with Gasteiger partial charge in [-0.2, -0.15) is 0 Å². The zero-order chi connectivity index (χ0) is 19.2. The van der Waals surface area contributed by atoms with Gasteiger partial charge in [-0.15, -0.1) is 5.10 Å². The monoisotopic (exact) mass is 373 g/mol. The number of rotatable bonds is 8. The van der Waals surface area contributed by atoms with E-state index in [1.54, 1.807) is 4.68 Å². The van der Waals surface area contributed by atoms with E-state index in [4.69, 9.17) is 23.7 Å². The number of ether oxygens (including phenoxy) is 5. The van der Waals surface area contributed by atoms with Crippen LogP contribution in [-0.2, 0) is 14.2 Å². The highest BCUT2D eigenvalue weighted by Crippen LogP contribution is 2.36. The van der Waals surface area contributed by atoms with Crippen LogP contribution < -0.4 is 9.47 Å². The normalized spacial score (nSPS) is 10.8. The molecule has 9 nitrogen and oxygen atoms in total. The summed E-state index contributed by atoms with van der Waals surface area (Å²) in [5.74, 6) is 0.109. The van der Waals surface area contributed by atoms with Gasteiger partial charge >= 0.3 is 5.97 Å². The van der Waals surface area contributed by atoms with Crippen molar-refractivity contribution < 1.29 is 28.5 Å². The molecule has 0 bridgehead atoms. The van der Waals surface area contributed by atoms with Crippen molar-refractivity contribution in [3.05, 3.63) is 42.0 Å². The van der Waals surface area contributed by atoms with Gasteiger partial charge in [0.05, 0.1) is 18.2 Å². The Morgan fingerprint density at radius 2 is 1.63 bits per heavy atom. The number of nitrogens with zero attached hydrogens (tertiary/aromatic N) is 3. The van der Waals surface area contributed by atoms with Crippen molar-refractivity contribution in [1.82, 2.24) is 15.0 Å². The molecular weight excluding hydrogens is 354 g/mol. The van der Waals surface area contributed by atoms with Crippen molar-refractivity contribution in [3.63, 3.8) is 0 Å². The molecule has 0 fully saturated rings. The van der Waals surface area contributed by atoms with Gasteiger partial charge < -0.3 is 23.7 Å². The molecule has 1 heterocycles. The summed E-state index contributed by atoms with van der Waals surface area (Å²) < 4.78 is 27.7. The summed E-state index contributed by atoms with van der Waals surface area (Å²) in [6, 6.07) is 10.5. The minimum atomic E-state index is -0.533. The molecular formula is C18H19N3O6. The lowest BCUT2D eigenvalue weighted by Gasteiger charge is -2.17. The minimum Gasteiger partial charge on any atom is -0.465 e. The second-order valence-electron chi connectivity index (χ2n) is 5.40. The maximum absolute atomic E-state index is 12.0. The molecule has 3 aromatic rings. The smallest absolute Gasteiger partial charge is 0.338 e. The van der Waals surface area contributed by atoms with Crippen molar-refractivity contribution in [2.75, 3.05) is 34.9 Å². The quantitative estimate of drug-likeness (QED) is 0.438. The second-order valence-corrected chi connectivity index (χ2v) is 5.40. The van der Waals surface area contributed by atoms with E-state index in [0.717, 1.165) is 5.52 Å². The summed E-state index contributed by atoms with van der Waals surface area (Å²) in [5, 5.41) is 8.37. The Balaban J connectivity index is 2.23. The van der Waals surface area contributed by atoms with Crippen LogP contribution in [0.3, 0.4) is 0 Å². The van der Waals surface area contributed by atoms with Gasteiger partial charge in [0.25, 0.3) is 0 Å². The molecule has 0 aliphatic rings. The number of para-hydroxylation sites is 1. The van der Waals surface area contributed by atoms with Crippen LogP contribution >= 0.6 is 0 Å². The van der Waals surface area contributed by atoms with Crippen LogP contribution in [0.15, 0.2) is 36.4 Å². The highest BCUT2D eigenvalue weighted by atomic mass is 16.7. The van der Waals surface area contributed by atoms with Gasteiger partial charge in [-0.05, 0) is 24.3 Å². The molecule has 0 unspecified atom stereocenters. The average Bonchev–Trinajstić information content (AvgIpc) is 3.13. The first-order valence-electron chi connectivity index (χ1n) is 8.00. The van der Waals surface area contributed by atoms with E-state index in [0.29, 0.717) is 22.7 Å². The zero-order valence-corrected chi connectivity index (χ0v) is 15.2. The third kappa shape index (κ3) is 3.83. The van der Waals surface area contributed by atoms with E-state index in [9.17, 15) is 4.79 Å². The molecule has 0 saturated carbocycles. The van der Waals surface area contributed by atoms with Crippen molar-refractivity contribution in [2.45, 2.75) is 0 Å². The number of esters is 1. The number of carbonyl (C=O) groups excluding carboxylic acids is 1. The predicted octanol–water partition coefficient (Wildman–Crippen LogP) is 2.17. The van der Waals surface area contributed by atoms with E-state index < -0.39 is 5.97 Å². The van der Waals surface area contributed by atoms with Gasteiger partial charge in [0.1, 0.15) is 5.52 Å². The first-order valence-corrected chi connectivity index (χ1v) is 8.00. The number of carbonyl (C=O) groups is 1. The molecule has 3 rings (SSSR count). The summed E-state index contributed by atoms with van der Waals surface area (Å²) in [6.45, 7) is -0.0675. The Labute approximate surface area is 155 Å². The fourth-order valence-electron chi connectivity index (χ4n) is 2.53. The van der Waals surface area contributed by atoms with Crippen LogP contribution in [0.25, 0.3) is 16.7 Å². The van der Waals surface area contributed by atoms with E-state index in [1.807, 2.05) is 24.3 Å². The van der Waals surface area contributed by atoms with Crippen LogP contribution in [0, 0.1) is 0 Å². The van der Waals surface area contributed by atoms with E-state index in [-0.39, 0.29) is 19.1 Å². The Morgan fingerprint density at radius 3 is 2.22 bits per heavy atom. The summed E-state index contributed by atoms with van der Waals surface area (Å²) in [6.07, 6.45) is 0. The largest absolute Gasteiger partial charge is 0.465 e. The molecule has 1 aromatic heterocycles. The molecule has 9 heteroatoms. The van der Waals surface area contributed by atoms with Gasteiger partial charge in [-0.3, -0.25) is 0 Å². The average molecular weight is 373 g/mol. The Hall–Kier alpha value is -3.17. The lowest BCUT2D eigenvalue weighted by Crippen LogP contribution is -2.11. The SMILES string of the molecule is COCOc1cc(C(=O)OC)cc(OCOC)c1-n1nnc2ccccc21. The van der Waals surface area contributed by atoms with E-state index in [2.05, 4.69) is 10.3 Å². The maximum atomic E-state index is 12.0. The molecule has 0 aliphatic carbocycles. The Kier molecular flexibility index (Phi) is 5.84. The van der Waals surface area contributed by atoms with Gasteiger partial charge in [0.2, 0.25) is 0 Å². The Morgan fingerprint density at radius 1 is 1.00 bits per heavy atom. The third-order valence-corrected chi connectivity index (χ3v) is 3.69. The first-order chi connectivity index (χ1) is 13.2. The van der Waals surface area contributed by atoms with Crippen molar-refractivity contribution in [3.8, 4) is 17.2 Å². The molecule has 0 atom stereocenters. The predicted molar refractivity (Wildman–Crippen MR) is 95.2 cm³/mol. The summed E-state index contributed by atoms with van der Waals surface area (Å²) in [4.78, 5) is 12.0.